The number of aliphatic hydroxyl groups is 1. The van der Waals surface area contributed by atoms with Gasteiger partial charge in [-0.1, -0.05) is 13.8 Å². The summed E-state index contributed by atoms with van der Waals surface area (Å²) in [6.45, 7) is 11.7. The molecule has 0 spiro atoms. The van der Waals surface area contributed by atoms with Gasteiger partial charge in [0, 0.05) is 25.2 Å². The lowest BCUT2D eigenvalue weighted by Gasteiger charge is -2.63. The zero-order valence-electron chi connectivity index (χ0n) is 25.3. The van der Waals surface area contributed by atoms with E-state index in [1.54, 1.807) is 6.92 Å². The van der Waals surface area contributed by atoms with Crippen molar-refractivity contribution in [1.82, 2.24) is 0 Å². The summed E-state index contributed by atoms with van der Waals surface area (Å²) in [5.41, 5.74) is 0.421. The highest BCUT2D eigenvalue weighted by molar-refractivity contribution is 5.66. The smallest absolute Gasteiger partial charge is 0.303 e. The van der Waals surface area contributed by atoms with Crippen LogP contribution in [-0.4, -0.2) is 84.6 Å². The van der Waals surface area contributed by atoms with Crippen molar-refractivity contribution in [2.24, 2.45) is 34.5 Å². The Bertz CT molecular complexity index is 895. The highest BCUT2D eigenvalue weighted by Crippen LogP contribution is 2.67. The average Bonchev–Trinajstić information content (AvgIpc) is 3.16. The first-order valence-corrected chi connectivity index (χ1v) is 16.5. The van der Waals surface area contributed by atoms with Gasteiger partial charge in [0.15, 0.2) is 6.10 Å². The summed E-state index contributed by atoms with van der Waals surface area (Å²) in [5.74, 6) is 2.76. The van der Waals surface area contributed by atoms with Crippen molar-refractivity contribution in [2.75, 3.05) is 40.3 Å². The van der Waals surface area contributed by atoms with Gasteiger partial charge in [-0.2, -0.15) is 0 Å². The summed E-state index contributed by atoms with van der Waals surface area (Å²) >= 11 is 0. The molecule has 38 heavy (non-hydrogen) atoms. The van der Waals surface area contributed by atoms with Crippen LogP contribution >= 0.6 is 0 Å². The van der Waals surface area contributed by atoms with E-state index in [0.29, 0.717) is 29.3 Å². The number of likely N-dealkylation sites (tertiary alicyclic amines) is 2. The van der Waals surface area contributed by atoms with Crippen LogP contribution in [0.4, 0.5) is 0 Å². The first-order chi connectivity index (χ1) is 18.0. The van der Waals surface area contributed by atoms with Crippen LogP contribution < -0.4 is 0 Å². The lowest BCUT2D eigenvalue weighted by Crippen LogP contribution is -2.66. The van der Waals surface area contributed by atoms with Gasteiger partial charge < -0.3 is 18.8 Å². The number of rotatable bonds is 3. The molecule has 0 radical (unpaired) electrons. The van der Waals surface area contributed by atoms with E-state index in [9.17, 15) is 9.90 Å². The van der Waals surface area contributed by atoms with Crippen molar-refractivity contribution in [2.45, 2.75) is 129 Å². The number of aliphatic hydroxyl groups excluding tert-OH is 1. The predicted octanol–water partition coefficient (Wildman–Crippen LogP) is 5.54. The Morgan fingerprint density at radius 2 is 1.39 bits per heavy atom. The number of carbonyl (C=O) groups is 1. The molecule has 0 aromatic heterocycles. The fraction of sp³-hybridized carbons (Fsp3) is 0.970. The van der Waals surface area contributed by atoms with E-state index in [1.807, 2.05) is 0 Å². The second-order valence-corrected chi connectivity index (χ2v) is 16.1. The van der Waals surface area contributed by atoms with Crippen molar-refractivity contribution >= 4 is 5.97 Å². The third kappa shape index (κ3) is 4.23. The Morgan fingerprint density at radius 3 is 2.00 bits per heavy atom. The molecule has 10 atom stereocenters. The maximum absolute atomic E-state index is 12.2. The van der Waals surface area contributed by atoms with Gasteiger partial charge in [0.2, 0.25) is 0 Å². The largest absolute Gasteiger partial charge is 0.456 e. The van der Waals surface area contributed by atoms with E-state index < -0.39 is 0 Å². The van der Waals surface area contributed by atoms with E-state index in [1.165, 1.54) is 103 Å². The second kappa shape index (κ2) is 9.72. The van der Waals surface area contributed by atoms with Crippen molar-refractivity contribution in [3.05, 3.63) is 0 Å². The fourth-order valence-corrected chi connectivity index (χ4v) is 11.9. The molecule has 0 amide bonds. The van der Waals surface area contributed by atoms with Crippen LogP contribution in [-0.2, 0) is 9.53 Å². The predicted molar refractivity (Wildman–Crippen MR) is 151 cm³/mol. The van der Waals surface area contributed by atoms with Gasteiger partial charge in [0.1, 0.15) is 18.2 Å². The van der Waals surface area contributed by atoms with Crippen LogP contribution in [0.25, 0.3) is 0 Å². The number of quaternary nitrogens is 2. The molecule has 5 nitrogen and oxygen atoms in total. The van der Waals surface area contributed by atoms with E-state index in [4.69, 9.17) is 4.74 Å². The Morgan fingerprint density at radius 1 is 0.789 bits per heavy atom. The molecule has 4 saturated carbocycles. The van der Waals surface area contributed by atoms with Crippen LogP contribution in [0.1, 0.15) is 104 Å². The molecule has 2 aliphatic heterocycles. The minimum atomic E-state index is -0.146. The normalized spacial score (nSPS) is 49.8. The first-order valence-electron chi connectivity index (χ1n) is 16.5. The standard InChI is InChI=1S/C33H58N2O3/c1-23(36)38-30-20-24-12-13-25-26(33(24,3)22-29(30)35(5)18-10-7-11-19-35)14-15-32(2)27(25)21-28(31(32)37)34(4)16-8-6-9-17-34/h24-31,37H,6-22H2,1-5H3/q+2/t24-,25+,26-,27-,28?,29?,30-,31?,32-,33-/m0/s1. The van der Waals surface area contributed by atoms with Crippen molar-refractivity contribution in [3.63, 3.8) is 0 Å². The van der Waals surface area contributed by atoms with Gasteiger partial charge in [-0.3, -0.25) is 4.79 Å². The molecule has 0 bridgehead atoms. The maximum atomic E-state index is 12.2. The summed E-state index contributed by atoms with van der Waals surface area (Å²) < 4.78 is 8.38. The molecule has 2 heterocycles. The van der Waals surface area contributed by atoms with E-state index in [2.05, 4.69) is 27.9 Å². The molecule has 6 aliphatic rings. The highest BCUT2D eigenvalue weighted by Gasteiger charge is 2.66. The monoisotopic (exact) mass is 530 g/mol. The number of fused-ring (bicyclic) bond motifs is 5. The Labute approximate surface area is 232 Å². The van der Waals surface area contributed by atoms with E-state index in [0.717, 1.165) is 27.2 Å². The van der Waals surface area contributed by atoms with Gasteiger partial charge in [0.25, 0.3) is 0 Å². The number of esters is 1. The lowest BCUT2D eigenvalue weighted by molar-refractivity contribution is -0.943. The molecule has 3 unspecified atom stereocenters. The molecule has 4 aliphatic carbocycles. The van der Waals surface area contributed by atoms with Crippen LogP contribution in [0.3, 0.4) is 0 Å². The summed E-state index contributed by atoms with van der Waals surface area (Å²) in [4.78, 5) is 12.2. The van der Waals surface area contributed by atoms with Crippen molar-refractivity contribution < 1.29 is 23.6 Å². The van der Waals surface area contributed by atoms with E-state index in [-0.39, 0.29) is 23.6 Å². The number of piperidine rings is 2. The molecule has 5 heteroatoms. The molecular formula is C33H58N2O3+2. The Kier molecular flexibility index (Phi) is 7.04. The van der Waals surface area contributed by atoms with Crippen LogP contribution in [0, 0.1) is 34.5 Å². The summed E-state index contributed by atoms with van der Waals surface area (Å²) in [6, 6.07) is 0.868. The minimum absolute atomic E-state index is 0.0836. The van der Waals surface area contributed by atoms with Gasteiger partial charge in [-0.05, 0) is 99.7 Å². The highest BCUT2D eigenvalue weighted by atomic mass is 16.5. The number of ether oxygens (including phenoxy) is 1. The number of hydrogen-bond donors (Lipinski definition) is 1. The van der Waals surface area contributed by atoms with Gasteiger partial charge in [-0.25, -0.2) is 0 Å². The first kappa shape index (κ1) is 27.5. The van der Waals surface area contributed by atoms with Crippen LogP contribution in [0.5, 0.6) is 0 Å². The molecule has 1 N–H and O–H groups in total. The zero-order valence-corrected chi connectivity index (χ0v) is 25.3. The number of nitrogens with zero attached hydrogens (tertiary/aromatic N) is 2. The molecular weight excluding hydrogens is 472 g/mol. The van der Waals surface area contributed by atoms with E-state index >= 15 is 0 Å². The zero-order chi connectivity index (χ0) is 26.9. The summed E-state index contributed by atoms with van der Waals surface area (Å²) in [6.07, 6.45) is 16.5. The fourth-order valence-electron chi connectivity index (χ4n) is 11.9. The minimum Gasteiger partial charge on any atom is -0.456 e. The Hall–Kier alpha value is -0.650. The van der Waals surface area contributed by atoms with Gasteiger partial charge in [0.05, 0.1) is 40.3 Å². The van der Waals surface area contributed by atoms with Crippen LogP contribution in [0.2, 0.25) is 0 Å². The second-order valence-electron chi connectivity index (χ2n) is 16.1. The lowest BCUT2D eigenvalue weighted by atomic mass is 9.44. The SMILES string of the molecule is CC(=O)O[C@H]1C[C@@H]2CC[C@@H]3[C@H](CC[C@]4(C)C(O)C([N+]5(C)CCCCC5)C[C@@H]34)[C@@]2(C)CC1[N+]1(C)CCCCC1. The number of hydrogen-bond acceptors (Lipinski definition) is 3. The quantitative estimate of drug-likeness (QED) is 0.385. The average molecular weight is 531 g/mol. The Balaban J connectivity index is 1.28. The summed E-state index contributed by atoms with van der Waals surface area (Å²) in [7, 11) is 4.94. The third-order valence-corrected chi connectivity index (χ3v) is 14.2. The maximum Gasteiger partial charge on any atom is 0.303 e. The topological polar surface area (TPSA) is 46.5 Å². The molecule has 6 rings (SSSR count). The van der Waals surface area contributed by atoms with Gasteiger partial charge >= 0.3 is 5.97 Å². The molecule has 216 valence electrons. The van der Waals surface area contributed by atoms with Crippen LogP contribution in [0.15, 0.2) is 0 Å². The number of carbonyl (C=O) groups excluding carboxylic acids is 1. The molecule has 0 aromatic carbocycles. The van der Waals surface area contributed by atoms with Crippen molar-refractivity contribution in [1.29, 1.82) is 0 Å². The third-order valence-electron chi connectivity index (χ3n) is 14.2. The van der Waals surface area contributed by atoms with Crippen molar-refractivity contribution in [3.8, 4) is 0 Å². The number of likely N-dealkylation sites (N-methyl/N-ethyl adjacent to an activating group) is 2. The molecule has 0 aromatic rings. The molecule has 2 saturated heterocycles. The summed E-state index contributed by atoms with van der Waals surface area (Å²) in [5, 5.41) is 11.9. The van der Waals surface area contributed by atoms with Gasteiger partial charge in [-0.15, -0.1) is 0 Å². The molecule has 6 fully saturated rings.